The molecule has 0 rings (SSSR count). The molecule has 0 atom stereocenters. The Labute approximate surface area is 98.4 Å². The summed E-state index contributed by atoms with van der Waals surface area (Å²) in [4.78, 5) is 0. The summed E-state index contributed by atoms with van der Waals surface area (Å²) < 4.78 is 5.08. The molecule has 0 fully saturated rings. The van der Waals surface area contributed by atoms with Crippen LogP contribution in [-0.4, -0.2) is 19.8 Å². The third-order valence-electron chi connectivity index (χ3n) is 2.90. The summed E-state index contributed by atoms with van der Waals surface area (Å²) in [6.07, 6.45) is 8.87. The van der Waals surface area contributed by atoms with Crippen LogP contribution >= 0.6 is 0 Å². The molecule has 0 aromatic rings. The van der Waals surface area contributed by atoms with Crippen LogP contribution in [0.15, 0.2) is 0 Å². The second-order valence-electron chi connectivity index (χ2n) is 4.29. The van der Waals surface area contributed by atoms with Crippen LogP contribution in [-0.2, 0) is 0 Å². The number of hydrogen-bond acceptors (Lipinski definition) is 1. The van der Waals surface area contributed by atoms with Crippen LogP contribution < -0.4 is 6.15 Å². The van der Waals surface area contributed by atoms with Crippen molar-refractivity contribution < 1.29 is 0 Å². The van der Waals surface area contributed by atoms with Crippen LogP contribution in [0, 0.1) is 0 Å². The van der Waals surface area contributed by atoms with Gasteiger partial charge in [0.2, 0.25) is 0 Å². The van der Waals surface area contributed by atoms with E-state index in [1.807, 2.05) is 0 Å². The van der Waals surface area contributed by atoms with Crippen LogP contribution in [0.2, 0.25) is 13.3 Å². The van der Waals surface area contributed by atoms with E-state index in [4.69, 9.17) is 0 Å². The second-order valence-corrected chi connectivity index (χ2v) is 14.2. The summed E-state index contributed by atoms with van der Waals surface area (Å²) >= 11 is -0.967. The third-order valence-corrected chi connectivity index (χ3v) is 13.4. The minimum absolute atomic E-state index is 0. The molecule has 0 heterocycles. The molecule has 1 nitrogen and oxygen atoms in total. The van der Waals surface area contributed by atoms with Gasteiger partial charge in [-0.2, -0.15) is 0 Å². The van der Waals surface area contributed by atoms with E-state index in [1.165, 1.54) is 38.5 Å². The van der Waals surface area contributed by atoms with Crippen LogP contribution in [0.3, 0.4) is 0 Å². The quantitative estimate of drug-likeness (QED) is 0.611. The molecule has 0 bridgehead atoms. The van der Waals surface area contributed by atoms with E-state index in [0.29, 0.717) is 0 Å². The Bertz CT molecular complexity index is 77.3. The zero-order valence-electron chi connectivity index (χ0n) is 10.6. The first kappa shape index (κ1) is 17.2. The molecular formula is C12H31NSn. The van der Waals surface area contributed by atoms with Crippen molar-refractivity contribution in [3.05, 3.63) is 0 Å². The van der Waals surface area contributed by atoms with Crippen molar-refractivity contribution in [1.29, 1.82) is 0 Å². The van der Waals surface area contributed by atoms with Gasteiger partial charge in [-0.05, 0) is 0 Å². The van der Waals surface area contributed by atoms with Gasteiger partial charge in [0.25, 0.3) is 0 Å². The van der Waals surface area contributed by atoms with E-state index >= 15 is 0 Å². The second kappa shape index (κ2) is 13.8. The van der Waals surface area contributed by atoms with Gasteiger partial charge in [0.15, 0.2) is 0 Å². The molecule has 14 heavy (non-hydrogen) atoms. The first-order valence-electron chi connectivity index (χ1n) is 6.35. The van der Waals surface area contributed by atoms with Gasteiger partial charge in [0, 0.05) is 0 Å². The Kier molecular flexibility index (Phi) is 16.9. The van der Waals surface area contributed by atoms with Crippen molar-refractivity contribution in [1.82, 2.24) is 6.15 Å². The average molecular weight is 308 g/mol. The Balaban J connectivity index is 0. The standard InChI is InChI=1S/3C4H9.H3N.Sn.H/c3*1-3-4-2;;;/h3*1,3-4H2,2H3;1H3;;. The normalized spacial score (nSPS) is 10.3. The van der Waals surface area contributed by atoms with Crippen LogP contribution in [0.1, 0.15) is 59.3 Å². The van der Waals surface area contributed by atoms with E-state index < -0.39 is 19.8 Å². The minimum atomic E-state index is -0.967. The SMILES string of the molecule is CCC[CH2][SnH]([CH2]CCC)[CH2]CCC.N. The summed E-state index contributed by atoms with van der Waals surface area (Å²) in [6, 6.07) is 0. The first-order chi connectivity index (χ1) is 6.35. The van der Waals surface area contributed by atoms with Crippen molar-refractivity contribution in [3.63, 3.8) is 0 Å². The van der Waals surface area contributed by atoms with Gasteiger partial charge >= 0.3 is 92.4 Å². The molecule has 0 saturated carbocycles. The minimum Gasteiger partial charge on any atom is -0.344 e. The molecule has 0 unspecified atom stereocenters. The van der Waals surface area contributed by atoms with Crippen LogP contribution in [0.25, 0.3) is 0 Å². The summed E-state index contributed by atoms with van der Waals surface area (Å²) in [6.45, 7) is 7.01. The van der Waals surface area contributed by atoms with Crippen molar-refractivity contribution in [2.45, 2.75) is 72.6 Å². The van der Waals surface area contributed by atoms with Gasteiger partial charge in [-0.3, -0.25) is 0 Å². The zero-order chi connectivity index (χ0) is 9.94. The summed E-state index contributed by atoms with van der Waals surface area (Å²) in [5.74, 6) is 0. The monoisotopic (exact) mass is 309 g/mol. The third kappa shape index (κ3) is 10.8. The zero-order valence-corrected chi connectivity index (χ0v) is 13.9. The molecule has 0 aliphatic carbocycles. The van der Waals surface area contributed by atoms with Gasteiger partial charge in [0.05, 0.1) is 0 Å². The molecule has 2 heteroatoms. The molecule has 0 spiro atoms. The summed E-state index contributed by atoms with van der Waals surface area (Å²) in [5, 5.41) is 0. The number of unbranched alkanes of at least 4 members (excludes halogenated alkanes) is 3. The molecule has 0 radical (unpaired) electrons. The Hall–Kier alpha value is 0.759. The number of hydrogen-bond donors (Lipinski definition) is 1. The van der Waals surface area contributed by atoms with E-state index in [9.17, 15) is 0 Å². The molecule has 0 amide bonds. The Morgan fingerprint density at radius 1 is 0.643 bits per heavy atom. The smallest absolute Gasteiger partial charge is 0.344 e. The van der Waals surface area contributed by atoms with Gasteiger partial charge in [-0.1, -0.05) is 0 Å². The van der Waals surface area contributed by atoms with Crippen LogP contribution in [0.4, 0.5) is 0 Å². The molecule has 0 aliphatic rings. The predicted octanol–water partition coefficient (Wildman–Crippen LogP) is 4.78. The molecule has 0 saturated heterocycles. The fourth-order valence-electron chi connectivity index (χ4n) is 1.91. The molecule has 0 aromatic carbocycles. The van der Waals surface area contributed by atoms with E-state index in [2.05, 4.69) is 20.8 Å². The average Bonchev–Trinajstić information content (AvgIpc) is 2.17. The maximum Gasteiger partial charge on any atom is -0.344 e. The van der Waals surface area contributed by atoms with E-state index in [-0.39, 0.29) is 6.15 Å². The maximum absolute atomic E-state index is 2.34. The van der Waals surface area contributed by atoms with Gasteiger partial charge in [-0.25, -0.2) is 0 Å². The Morgan fingerprint density at radius 3 is 1.14 bits per heavy atom. The van der Waals surface area contributed by atoms with Gasteiger partial charge < -0.3 is 6.15 Å². The van der Waals surface area contributed by atoms with Crippen LogP contribution in [0.5, 0.6) is 0 Å². The van der Waals surface area contributed by atoms with Crippen molar-refractivity contribution in [3.8, 4) is 0 Å². The summed E-state index contributed by atoms with van der Waals surface area (Å²) in [7, 11) is 0. The molecule has 0 aliphatic heterocycles. The molecular weight excluding hydrogens is 277 g/mol. The Morgan fingerprint density at radius 2 is 0.929 bits per heavy atom. The molecule has 3 N–H and O–H groups in total. The number of rotatable bonds is 9. The predicted molar refractivity (Wildman–Crippen MR) is 71.3 cm³/mol. The largest absolute Gasteiger partial charge is 0.344 e. The van der Waals surface area contributed by atoms with Crippen molar-refractivity contribution in [2.75, 3.05) is 0 Å². The summed E-state index contributed by atoms with van der Waals surface area (Å²) in [5.41, 5.74) is 0. The fraction of sp³-hybridized carbons (Fsp3) is 1.00. The topological polar surface area (TPSA) is 35.0 Å². The first-order valence-corrected chi connectivity index (χ1v) is 13.3. The van der Waals surface area contributed by atoms with E-state index in [0.717, 1.165) is 0 Å². The fourth-order valence-corrected chi connectivity index (χ4v) is 12.8. The molecule has 0 aromatic heterocycles. The van der Waals surface area contributed by atoms with Crippen molar-refractivity contribution >= 4 is 19.8 Å². The van der Waals surface area contributed by atoms with Crippen molar-refractivity contribution in [2.24, 2.45) is 0 Å². The van der Waals surface area contributed by atoms with E-state index in [1.54, 1.807) is 13.3 Å². The maximum atomic E-state index is 2.34. The van der Waals surface area contributed by atoms with Gasteiger partial charge in [-0.15, -0.1) is 0 Å². The van der Waals surface area contributed by atoms with Gasteiger partial charge in [0.1, 0.15) is 0 Å². The molecule has 88 valence electrons.